The van der Waals surface area contributed by atoms with Crippen LogP contribution in [-0.4, -0.2) is 20.6 Å². The number of hydrogen-bond donors (Lipinski definition) is 0. The van der Waals surface area contributed by atoms with Gasteiger partial charge in [-0.25, -0.2) is 4.39 Å². The zero-order chi connectivity index (χ0) is 18.8. The van der Waals surface area contributed by atoms with Gasteiger partial charge in [0.1, 0.15) is 5.82 Å². The number of halogens is 1. The number of carbonyl (C=O) groups excluding carboxylic acids is 2. The molecular weight excluding hydrogens is 363 g/mol. The molecule has 4 rings (SSSR count). The van der Waals surface area contributed by atoms with E-state index in [0.29, 0.717) is 16.5 Å². The first-order valence-corrected chi connectivity index (χ1v) is 10.1. The number of carbonyl (C=O) groups is 2. The Labute approximate surface area is 162 Å². The molecule has 0 bridgehead atoms. The predicted molar refractivity (Wildman–Crippen MR) is 104 cm³/mol. The highest BCUT2D eigenvalue weighted by molar-refractivity contribution is 8.18. The topological polar surface area (TPSA) is 42.3 Å². The Hall–Kier alpha value is -2.34. The second-order valence-electron chi connectivity index (χ2n) is 7.04. The molecule has 1 saturated heterocycles. The zero-order valence-electron chi connectivity index (χ0n) is 14.9. The lowest BCUT2D eigenvalue weighted by Gasteiger charge is -2.23. The van der Waals surface area contributed by atoms with E-state index < -0.39 is 5.82 Å². The standard InChI is InChI=1S/C21H21FN2O2S/c22-18-9-5-4-6-16(18)14-24-20(25)19(27-21(24)26)12-15-10-11-23(13-15)17-7-2-1-3-8-17/h4-6,9-13,17H,1-3,7-8,14H2/b19-12+. The number of rotatable bonds is 4. The maximum absolute atomic E-state index is 13.8. The molecule has 0 atom stereocenters. The highest BCUT2D eigenvalue weighted by Gasteiger charge is 2.35. The summed E-state index contributed by atoms with van der Waals surface area (Å²) in [6.07, 6.45) is 12.0. The molecule has 140 valence electrons. The normalized spacial score (nSPS) is 20.0. The second kappa shape index (κ2) is 7.72. The summed E-state index contributed by atoms with van der Waals surface area (Å²) in [7, 11) is 0. The Balaban J connectivity index is 1.50. The van der Waals surface area contributed by atoms with Gasteiger partial charge in [-0.05, 0) is 48.4 Å². The first-order chi connectivity index (χ1) is 13.1. The Bertz CT molecular complexity index is 899. The average Bonchev–Trinajstić information content (AvgIpc) is 3.25. The van der Waals surface area contributed by atoms with Gasteiger partial charge in [0.05, 0.1) is 11.4 Å². The summed E-state index contributed by atoms with van der Waals surface area (Å²) in [6, 6.07) is 8.70. The molecule has 1 aromatic heterocycles. The van der Waals surface area contributed by atoms with Crippen molar-refractivity contribution in [1.29, 1.82) is 0 Å². The summed E-state index contributed by atoms with van der Waals surface area (Å²) in [5.41, 5.74) is 1.25. The van der Waals surface area contributed by atoms with Crippen molar-refractivity contribution in [2.24, 2.45) is 0 Å². The first kappa shape index (κ1) is 18.0. The second-order valence-corrected chi connectivity index (χ2v) is 8.04. The first-order valence-electron chi connectivity index (χ1n) is 9.28. The van der Waals surface area contributed by atoms with Crippen LogP contribution in [0.2, 0.25) is 0 Å². The van der Waals surface area contributed by atoms with E-state index in [4.69, 9.17) is 0 Å². The van der Waals surface area contributed by atoms with E-state index in [2.05, 4.69) is 4.57 Å². The molecule has 1 aliphatic carbocycles. The van der Waals surface area contributed by atoms with Crippen molar-refractivity contribution in [2.45, 2.75) is 44.7 Å². The summed E-state index contributed by atoms with van der Waals surface area (Å²) in [5.74, 6) is -0.774. The zero-order valence-corrected chi connectivity index (χ0v) is 15.8. The molecule has 0 spiro atoms. The van der Waals surface area contributed by atoms with Crippen LogP contribution < -0.4 is 0 Å². The quantitative estimate of drug-likeness (QED) is 0.666. The third-order valence-corrected chi connectivity index (χ3v) is 6.10. The lowest BCUT2D eigenvalue weighted by molar-refractivity contribution is -0.123. The van der Waals surface area contributed by atoms with E-state index in [1.807, 2.05) is 18.5 Å². The van der Waals surface area contributed by atoms with Crippen molar-refractivity contribution in [1.82, 2.24) is 9.47 Å². The summed E-state index contributed by atoms with van der Waals surface area (Å²) in [5, 5.41) is -0.360. The van der Waals surface area contributed by atoms with Gasteiger partial charge in [-0.3, -0.25) is 14.5 Å². The summed E-state index contributed by atoms with van der Waals surface area (Å²) in [4.78, 5) is 26.4. The minimum absolute atomic E-state index is 0.0439. The van der Waals surface area contributed by atoms with Crippen molar-refractivity contribution >= 4 is 29.0 Å². The Morgan fingerprint density at radius 2 is 1.89 bits per heavy atom. The number of hydrogen-bond acceptors (Lipinski definition) is 3. The van der Waals surface area contributed by atoms with Gasteiger partial charge in [-0.2, -0.15) is 0 Å². The number of benzene rings is 1. The van der Waals surface area contributed by atoms with Gasteiger partial charge in [-0.1, -0.05) is 37.5 Å². The van der Waals surface area contributed by atoms with Gasteiger partial charge >= 0.3 is 0 Å². The van der Waals surface area contributed by atoms with Gasteiger partial charge in [-0.15, -0.1) is 0 Å². The number of thioether (sulfide) groups is 1. The molecule has 2 heterocycles. The minimum atomic E-state index is -0.412. The monoisotopic (exact) mass is 384 g/mol. The van der Waals surface area contributed by atoms with Crippen LogP contribution in [0.25, 0.3) is 6.08 Å². The molecule has 2 aromatic rings. The fraction of sp³-hybridized carbons (Fsp3) is 0.333. The number of aromatic nitrogens is 1. The lowest BCUT2D eigenvalue weighted by atomic mass is 9.95. The number of amides is 2. The molecule has 1 saturated carbocycles. The van der Waals surface area contributed by atoms with Gasteiger partial charge in [0, 0.05) is 24.0 Å². The molecule has 0 unspecified atom stereocenters. The maximum Gasteiger partial charge on any atom is 0.293 e. The number of nitrogens with zero attached hydrogens (tertiary/aromatic N) is 2. The molecule has 2 aliphatic rings. The van der Waals surface area contributed by atoms with Gasteiger partial charge in [0.15, 0.2) is 0 Å². The van der Waals surface area contributed by atoms with Gasteiger partial charge in [0.2, 0.25) is 0 Å². The van der Waals surface area contributed by atoms with Crippen molar-refractivity contribution in [3.8, 4) is 0 Å². The van der Waals surface area contributed by atoms with E-state index in [9.17, 15) is 14.0 Å². The van der Waals surface area contributed by atoms with Crippen LogP contribution in [0.1, 0.15) is 49.3 Å². The van der Waals surface area contributed by atoms with Crippen molar-refractivity contribution in [3.63, 3.8) is 0 Å². The molecular formula is C21H21FN2O2S. The molecule has 0 radical (unpaired) electrons. The Kier molecular flexibility index (Phi) is 5.16. The van der Waals surface area contributed by atoms with E-state index in [1.54, 1.807) is 24.3 Å². The fourth-order valence-corrected chi connectivity index (χ4v) is 4.54. The van der Waals surface area contributed by atoms with Crippen LogP contribution in [0.4, 0.5) is 9.18 Å². The van der Waals surface area contributed by atoms with Crippen LogP contribution >= 0.6 is 11.8 Å². The molecule has 6 heteroatoms. The predicted octanol–water partition coefficient (Wildman–Crippen LogP) is 5.37. The van der Waals surface area contributed by atoms with Crippen LogP contribution in [0.3, 0.4) is 0 Å². The van der Waals surface area contributed by atoms with Crippen LogP contribution in [-0.2, 0) is 11.3 Å². The third kappa shape index (κ3) is 3.86. The summed E-state index contributed by atoms with van der Waals surface area (Å²) in [6.45, 7) is -0.0439. The van der Waals surface area contributed by atoms with Crippen molar-refractivity contribution < 1.29 is 14.0 Å². The van der Waals surface area contributed by atoms with E-state index in [1.165, 1.54) is 38.2 Å². The summed E-state index contributed by atoms with van der Waals surface area (Å²) >= 11 is 0.913. The van der Waals surface area contributed by atoms with Crippen molar-refractivity contribution in [2.75, 3.05) is 0 Å². The average molecular weight is 384 g/mol. The van der Waals surface area contributed by atoms with Gasteiger partial charge < -0.3 is 4.57 Å². The molecule has 1 aromatic carbocycles. The van der Waals surface area contributed by atoms with E-state index >= 15 is 0 Å². The van der Waals surface area contributed by atoms with Crippen LogP contribution in [0.15, 0.2) is 47.6 Å². The SMILES string of the molecule is O=C1S/C(=C/c2ccn(C3CCCCC3)c2)C(=O)N1Cc1ccccc1F. The van der Waals surface area contributed by atoms with E-state index in [0.717, 1.165) is 22.2 Å². The summed E-state index contributed by atoms with van der Waals surface area (Å²) < 4.78 is 16.1. The Morgan fingerprint density at radius 1 is 1.11 bits per heavy atom. The molecule has 4 nitrogen and oxygen atoms in total. The lowest BCUT2D eigenvalue weighted by Crippen LogP contribution is -2.27. The van der Waals surface area contributed by atoms with Crippen LogP contribution in [0.5, 0.6) is 0 Å². The highest BCUT2D eigenvalue weighted by atomic mass is 32.2. The molecule has 27 heavy (non-hydrogen) atoms. The van der Waals surface area contributed by atoms with Crippen LogP contribution in [0, 0.1) is 5.82 Å². The molecule has 2 fully saturated rings. The third-order valence-electron chi connectivity index (χ3n) is 5.19. The van der Waals surface area contributed by atoms with Gasteiger partial charge in [0.25, 0.3) is 11.1 Å². The Morgan fingerprint density at radius 3 is 2.67 bits per heavy atom. The minimum Gasteiger partial charge on any atom is -0.351 e. The fourth-order valence-electron chi connectivity index (χ4n) is 3.71. The molecule has 1 aliphatic heterocycles. The van der Waals surface area contributed by atoms with E-state index in [-0.39, 0.29) is 17.7 Å². The largest absolute Gasteiger partial charge is 0.351 e. The molecule has 0 N–H and O–H groups in total. The molecule has 2 amide bonds. The smallest absolute Gasteiger partial charge is 0.293 e. The number of imide groups is 1. The highest BCUT2D eigenvalue weighted by Crippen LogP contribution is 2.34. The maximum atomic E-state index is 13.8. The van der Waals surface area contributed by atoms with Crippen molar-refractivity contribution in [3.05, 3.63) is 64.6 Å².